The van der Waals surface area contributed by atoms with E-state index in [1.807, 2.05) is 0 Å². The van der Waals surface area contributed by atoms with Gasteiger partial charge in [0.1, 0.15) is 0 Å². The van der Waals surface area contributed by atoms with Gasteiger partial charge < -0.3 is 10.8 Å². The van der Waals surface area contributed by atoms with Crippen LogP contribution < -0.4 is 5.73 Å². The minimum Gasteiger partial charge on any atom is -0.392 e. The molecule has 2 nitrogen and oxygen atoms in total. The van der Waals surface area contributed by atoms with Crippen LogP contribution in [0.15, 0.2) is 48.1 Å². The van der Waals surface area contributed by atoms with E-state index in [9.17, 15) is 5.11 Å². The third kappa shape index (κ3) is 5.80. The predicted octanol–water partition coefficient (Wildman–Crippen LogP) is 5.34. The lowest BCUT2D eigenvalue weighted by molar-refractivity contribution is 0.141. The average Bonchev–Trinajstić information content (AvgIpc) is 3.16. The number of benzene rings is 1. The van der Waals surface area contributed by atoms with Crippen molar-refractivity contribution in [1.82, 2.24) is 0 Å². The molecular weight excluding hydrogens is 330 g/mol. The van der Waals surface area contributed by atoms with E-state index in [0.29, 0.717) is 17.8 Å². The van der Waals surface area contributed by atoms with Crippen LogP contribution in [0.2, 0.25) is 0 Å². The highest BCUT2D eigenvalue weighted by molar-refractivity contribution is 5.23. The van der Waals surface area contributed by atoms with Gasteiger partial charge in [0, 0.05) is 5.92 Å². The van der Waals surface area contributed by atoms with Crippen molar-refractivity contribution in [3.63, 3.8) is 0 Å². The fraction of sp³-hybridized carbons (Fsp3) is 0.600. The zero-order chi connectivity index (χ0) is 19.1. The molecule has 3 N–H and O–H groups in total. The molecule has 0 heterocycles. The van der Waals surface area contributed by atoms with E-state index in [0.717, 1.165) is 32.2 Å². The molecule has 3 rings (SSSR count). The Balaban J connectivity index is 1.44. The third-order valence-corrected chi connectivity index (χ3v) is 6.44. The summed E-state index contributed by atoms with van der Waals surface area (Å²) >= 11 is 0. The van der Waals surface area contributed by atoms with Crippen LogP contribution in [0.4, 0.5) is 0 Å². The number of hydrogen-bond acceptors (Lipinski definition) is 2. The normalized spacial score (nSPS) is 27.3. The van der Waals surface area contributed by atoms with Gasteiger partial charge in [-0.3, -0.25) is 0 Å². The molecule has 2 aliphatic rings. The number of rotatable bonds is 10. The second-order valence-corrected chi connectivity index (χ2v) is 8.65. The van der Waals surface area contributed by atoms with Crippen molar-refractivity contribution in [2.24, 2.45) is 23.5 Å². The maximum absolute atomic E-state index is 10.5. The van der Waals surface area contributed by atoms with Crippen molar-refractivity contribution < 1.29 is 5.11 Å². The highest BCUT2D eigenvalue weighted by Crippen LogP contribution is 2.48. The van der Waals surface area contributed by atoms with E-state index in [2.05, 4.69) is 49.4 Å². The number of aryl methyl sites for hydroxylation is 2. The average molecular weight is 368 g/mol. The molecular formula is C25H37NO. The van der Waals surface area contributed by atoms with Crippen molar-refractivity contribution in [3.05, 3.63) is 59.2 Å². The van der Waals surface area contributed by atoms with Crippen LogP contribution in [-0.4, -0.2) is 17.8 Å². The van der Waals surface area contributed by atoms with Crippen molar-refractivity contribution >= 4 is 0 Å². The maximum Gasteiger partial charge on any atom is 0.0611 e. The van der Waals surface area contributed by atoms with Gasteiger partial charge in [0.25, 0.3) is 0 Å². The van der Waals surface area contributed by atoms with Gasteiger partial charge in [-0.05, 0) is 75.8 Å². The SMILES string of the molecule is Cc1cccc(CCC=C[C@@H]2[C@H]3CC(CCCCCCN)=C[C@H]3C[C@H]2O)c1. The zero-order valence-corrected chi connectivity index (χ0v) is 16.9. The Kier molecular flexibility index (Phi) is 7.72. The first-order chi connectivity index (χ1) is 13.2. The molecule has 2 aliphatic carbocycles. The molecule has 1 saturated carbocycles. The summed E-state index contributed by atoms with van der Waals surface area (Å²) in [5.74, 6) is 1.58. The van der Waals surface area contributed by atoms with E-state index in [4.69, 9.17) is 5.73 Å². The first kappa shape index (κ1) is 20.4. The van der Waals surface area contributed by atoms with Crippen LogP contribution in [0, 0.1) is 24.7 Å². The number of aliphatic hydroxyl groups excluding tert-OH is 1. The van der Waals surface area contributed by atoms with E-state index in [1.165, 1.54) is 43.2 Å². The van der Waals surface area contributed by atoms with E-state index in [1.54, 1.807) is 5.57 Å². The fourth-order valence-corrected chi connectivity index (χ4v) is 5.01. The molecule has 4 atom stereocenters. The molecule has 0 spiro atoms. The predicted molar refractivity (Wildman–Crippen MR) is 115 cm³/mol. The summed E-state index contributed by atoms with van der Waals surface area (Å²) < 4.78 is 0. The van der Waals surface area contributed by atoms with Gasteiger partial charge in [-0.25, -0.2) is 0 Å². The standard InChI is InChI=1S/C25H37NO/c1-19-9-8-12-20(15-19)10-5-6-13-23-24-17-21(11-4-2-3-7-14-26)16-22(24)18-25(23)27/h6,8-9,12-13,15-16,22-25,27H,2-5,7,10-11,14,17-18,26H2,1H3/t22-,23+,24-,25+/m0/s1. The number of unbranched alkanes of at least 4 members (excludes halogenated alkanes) is 3. The molecule has 0 radical (unpaired) electrons. The second-order valence-electron chi connectivity index (χ2n) is 8.65. The zero-order valence-electron chi connectivity index (χ0n) is 16.9. The van der Waals surface area contributed by atoms with Crippen LogP contribution in [-0.2, 0) is 6.42 Å². The molecule has 0 amide bonds. The Morgan fingerprint density at radius 3 is 2.81 bits per heavy atom. The summed E-state index contributed by atoms with van der Waals surface area (Å²) in [7, 11) is 0. The molecule has 27 heavy (non-hydrogen) atoms. The summed E-state index contributed by atoms with van der Waals surface area (Å²) in [6, 6.07) is 8.77. The molecule has 2 heteroatoms. The molecule has 148 valence electrons. The summed E-state index contributed by atoms with van der Waals surface area (Å²) in [5.41, 5.74) is 9.95. The molecule has 0 saturated heterocycles. The molecule has 0 aliphatic heterocycles. The van der Waals surface area contributed by atoms with Crippen molar-refractivity contribution in [1.29, 1.82) is 0 Å². The van der Waals surface area contributed by atoms with Crippen molar-refractivity contribution in [2.45, 2.75) is 70.8 Å². The molecule has 1 aromatic carbocycles. The molecule has 1 aromatic rings. The number of aliphatic hydroxyl groups is 1. The molecule has 1 fully saturated rings. The van der Waals surface area contributed by atoms with E-state index >= 15 is 0 Å². The van der Waals surface area contributed by atoms with Crippen LogP contribution >= 0.6 is 0 Å². The number of hydrogen-bond donors (Lipinski definition) is 2. The Morgan fingerprint density at radius 2 is 2.00 bits per heavy atom. The summed E-state index contributed by atoms with van der Waals surface area (Å²) in [6.07, 6.45) is 17.5. The molecule has 0 aromatic heterocycles. The third-order valence-electron chi connectivity index (χ3n) is 6.44. The monoisotopic (exact) mass is 367 g/mol. The lowest BCUT2D eigenvalue weighted by Crippen LogP contribution is -2.17. The lowest BCUT2D eigenvalue weighted by Gasteiger charge is -2.18. The Morgan fingerprint density at radius 1 is 1.15 bits per heavy atom. The summed E-state index contributed by atoms with van der Waals surface area (Å²) in [5, 5.41) is 10.5. The van der Waals surface area contributed by atoms with Gasteiger partial charge in [0.15, 0.2) is 0 Å². The van der Waals surface area contributed by atoms with Crippen LogP contribution in [0.25, 0.3) is 0 Å². The van der Waals surface area contributed by atoms with Gasteiger partial charge in [-0.15, -0.1) is 0 Å². The Hall–Kier alpha value is -1.38. The number of fused-ring (bicyclic) bond motifs is 1. The first-order valence-corrected chi connectivity index (χ1v) is 11.0. The highest BCUT2D eigenvalue weighted by atomic mass is 16.3. The van der Waals surface area contributed by atoms with Gasteiger partial charge >= 0.3 is 0 Å². The van der Waals surface area contributed by atoms with Crippen molar-refractivity contribution in [2.75, 3.05) is 6.54 Å². The smallest absolute Gasteiger partial charge is 0.0611 e. The topological polar surface area (TPSA) is 46.2 Å². The van der Waals surface area contributed by atoms with Crippen LogP contribution in [0.3, 0.4) is 0 Å². The largest absolute Gasteiger partial charge is 0.392 e. The maximum atomic E-state index is 10.5. The Labute approximate surface area is 165 Å². The second kappa shape index (κ2) is 10.2. The van der Waals surface area contributed by atoms with Crippen LogP contribution in [0.1, 0.15) is 62.5 Å². The minimum atomic E-state index is -0.155. The lowest BCUT2D eigenvalue weighted by atomic mass is 9.88. The van der Waals surface area contributed by atoms with E-state index < -0.39 is 0 Å². The van der Waals surface area contributed by atoms with Gasteiger partial charge in [-0.2, -0.15) is 0 Å². The van der Waals surface area contributed by atoms with E-state index in [-0.39, 0.29) is 6.10 Å². The first-order valence-electron chi connectivity index (χ1n) is 11.0. The van der Waals surface area contributed by atoms with Crippen molar-refractivity contribution in [3.8, 4) is 0 Å². The molecule has 0 unspecified atom stereocenters. The van der Waals surface area contributed by atoms with Gasteiger partial charge in [-0.1, -0.05) is 66.5 Å². The number of nitrogens with two attached hydrogens (primary N) is 1. The fourth-order valence-electron chi connectivity index (χ4n) is 5.01. The minimum absolute atomic E-state index is 0.155. The van der Waals surface area contributed by atoms with Gasteiger partial charge in [0.05, 0.1) is 6.10 Å². The quantitative estimate of drug-likeness (QED) is 0.433. The van der Waals surface area contributed by atoms with Gasteiger partial charge in [0.2, 0.25) is 0 Å². The highest BCUT2D eigenvalue weighted by Gasteiger charge is 2.42. The summed E-state index contributed by atoms with van der Waals surface area (Å²) in [4.78, 5) is 0. The Bertz CT molecular complexity index is 647. The molecule has 0 bridgehead atoms. The summed E-state index contributed by atoms with van der Waals surface area (Å²) in [6.45, 7) is 2.97. The van der Waals surface area contributed by atoms with Crippen LogP contribution in [0.5, 0.6) is 0 Å². The number of allylic oxidation sites excluding steroid dienone is 3.